The summed E-state index contributed by atoms with van der Waals surface area (Å²) in [6.07, 6.45) is 0. The number of nitrogens with one attached hydrogen (secondary N) is 1. The second kappa shape index (κ2) is 7.13. The number of rotatable bonds is 3. The molecule has 1 aliphatic heterocycles. The van der Waals surface area contributed by atoms with Gasteiger partial charge >= 0.3 is 0 Å². The van der Waals surface area contributed by atoms with Crippen LogP contribution in [-0.2, 0) is 23.8 Å². The average Bonchev–Trinajstić information content (AvgIpc) is 3.20. The fourth-order valence-corrected chi connectivity index (χ4v) is 4.36. The molecule has 5 rings (SSSR count). The number of halogens is 2. The van der Waals surface area contributed by atoms with E-state index in [9.17, 15) is 13.6 Å². The third-order valence-electron chi connectivity index (χ3n) is 6.37. The molecule has 0 atom stereocenters. The van der Waals surface area contributed by atoms with E-state index in [4.69, 9.17) is 10.1 Å². The molecule has 0 saturated carbocycles. The van der Waals surface area contributed by atoms with Crippen LogP contribution in [0.1, 0.15) is 36.5 Å². The quantitative estimate of drug-likeness (QED) is 0.486. The average molecular weight is 449 g/mol. The van der Waals surface area contributed by atoms with E-state index in [1.165, 1.54) is 12.1 Å². The standard InChI is InChI=1S/C24H22F2N6O/c1-12-17(26)10-15-19(30-32(22(15)27-12)11-14-8-6-7-9-16(14)25)18-13(2)31(5)20-21(28-18)29-23(33)24(20,3)4/h6-10H,11H2,1-5H3/p+1. The van der Waals surface area contributed by atoms with E-state index in [1.807, 2.05) is 32.4 Å². The van der Waals surface area contributed by atoms with Crippen molar-refractivity contribution >= 4 is 22.8 Å². The smallest absolute Gasteiger partial charge is 0.242 e. The van der Waals surface area contributed by atoms with Crippen molar-refractivity contribution in [2.45, 2.75) is 39.7 Å². The molecule has 7 nitrogen and oxygen atoms in total. The Hall–Kier alpha value is -3.75. The topological polar surface area (TPSA) is 76.6 Å². The number of benzene rings is 1. The van der Waals surface area contributed by atoms with Crippen LogP contribution in [0.4, 0.5) is 14.6 Å². The first kappa shape index (κ1) is 21.1. The fourth-order valence-electron chi connectivity index (χ4n) is 4.36. The number of amides is 1. The van der Waals surface area contributed by atoms with Crippen molar-refractivity contribution in [2.75, 3.05) is 5.32 Å². The van der Waals surface area contributed by atoms with E-state index >= 15 is 0 Å². The molecular formula is C24H23F2N6O+. The second-order valence-corrected chi connectivity index (χ2v) is 8.91. The van der Waals surface area contributed by atoms with Crippen LogP contribution in [0.15, 0.2) is 30.3 Å². The van der Waals surface area contributed by atoms with E-state index in [1.54, 1.807) is 29.8 Å². The molecule has 3 aromatic heterocycles. The predicted molar refractivity (Wildman–Crippen MR) is 119 cm³/mol. The Balaban J connectivity index is 1.76. The summed E-state index contributed by atoms with van der Waals surface area (Å²) in [4.78, 5) is 21.6. The lowest BCUT2D eigenvalue weighted by Crippen LogP contribution is -2.44. The SMILES string of the molecule is Cc1nc2c(cc1F)c(-c1nc3c([n+](C)c1C)C(C)(C)C(=O)N3)nn2Cc1ccccc1F. The van der Waals surface area contributed by atoms with Crippen LogP contribution in [0.3, 0.4) is 0 Å². The summed E-state index contributed by atoms with van der Waals surface area (Å²) >= 11 is 0. The van der Waals surface area contributed by atoms with Gasteiger partial charge in [-0.3, -0.25) is 4.79 Å². The molecule has 0 saturated heterocycles. The van der Waals surface area contributed by atoms with Gasteiger partial charge in [0.25, 0.3) is 0 Å². The van der Waals surface area contributed by atoms with Crippen LogP contribution in [0.2, 0.25) is 0 Å². The highest BCUT2D eigenvalue weighted by atomic mass is 19.1. The molecule has 0 fully saturated rings. The summed E-state index contributed by atoms with van der Waals surface area (Å²) in [5.41, 5.74) is 2.80. The number of nitrogens with zero attached hydrogens (tertiary/aromatic N) is 5. The molecule has 4 heterocycles. The van der Waals surface area contributed by atoms with Crippen LogP contribution in [0, 0.1) is 25.5 Å². The van der Waals surface area contributed by atoms with Crippen LogP contribution in [0.25, 0.3) is 22.4 Å². The highest BCUT2D eigenvalue weighted by Gasteiger charge is 2.48. The largest absolute Gasteiger partial charge is 0.304 e. The maximum absolute atomic E-state index is 14.6. The van der Waals surface area contributed by atoms with Gasteiger partial charge in [0.05, 0.1) is 17.6 Å². The maximum Gasteiger partial charge on any atom is 0.242 e. The first-order valence-corrected chi connectivity index (χ1v) is 10.6. The summed E-state index contributed by atoms with van der Waals surface area (Å²) in [7, 11) is 1.86. The lowest BCUT2D eigenvalue weighted by molar-refractivity contribution is -0.686. The van der Waals surface area contributed by atoms with E-state index in [0.29, 0.717) is 33.8 Å². The number of fused-ring (bicyclic) bond motifs is 2. The van der Waals surface area contributed by atoms with Gasteiger partial charge in [-0.15, -0.1) is 0 Å². The Morgan fingerprint density at radius 1 is 1.09 bits per heavy atom. The minimum Gasteiger partial charge on any atom is -0.304 e. The molecule has 0 radical (unpaired) electrons. The summed E-state index contributed by atoms with van der Waals surface area (Å²) in [6.45, 7) is 7.26. The number of aryl methyl sites for hydroxylation is 1. The van der Waals surface area contributed by atoms with Crippen molar-refractivity contribution < 1.29 is 18.1 Å². The maximum atomic E-state index is 14.6. The molecule has 0 aliphatic carbocycles. The monoisotopic (exact) mass is 449 g/mol. The molecule has 1 aliphatic rings. The Morgan fingerprint density at radius 2 is 1.82 bits per heavy atom. The minimum atomic E-state index is -0.739. The van der Waals surface area contributed by atoms with Gasteiger partial charge in [-0.1, -0.05) is 18.2 Å². The van der Waals surface area contributed by atoms with Crippen molar-refractivity contribution in [3.05, 3.63) is 64.6 Å². The van der Waals surface area contributed by atoms with Crippen molar-refractivity contribution in [1.29, 1.82) is 0 Å². The van der Waals surface area contributed by atoms with E-state index in [-0.39, 0.29) is 24.0 Å². The molecule has 0 spiro atoms. The van der Waals surface area contributed by atoms with Gasteiger partial charge in [0.15, 0.2) is 11.3 Å². The third-order valence-corrected chi connectivity index (χ3v) is 6.37. The zero-order valence-electron chi connectivity index (χ0n) is 19.0. The molecule has 168 valence electrons. The Labute approximate surface area is 189 Å². The number of pyridine rings is 1. The minimum absolute atomic E-state index is 0.126. The van der Waals surface area contributed by atoms with Crippen LogP contribution >= 0.6 is 0 Å². The van der Waals surface area contributed by atoms with Gasteiger partial charge in [0, 0.05) is 12.5 Å². The number of hydrogen-bond donors (Lipinski definition) is 1. The lowest BCUT2D eigenvalue weighted by Gasteiger charge is -2.13. The van der Waals surface area contributed by atoms with E-state index < -0.39 is 11.2 Å². The Kier molecular flexibility index (Phi) is 4.56. The summed E-state index contributed by atoms with van der Waals surface area (Å²) < 4.78 is 32.4. The number of aromatic nitrogens is 5. The number of carbonyl (C=O) groups excluding carboxylic acids is 1. The number of carbonyl (C=O) groups is 1. The lowest BCUT2D eigenvalue weighted by atomic mass is 9.90. The van der Waals surface area contributed by atoms with Crippen molar-refractivity contribution in [3.63, 3.8) is 0 Å². The van der Waals surface area contributed by atoms with Gasteiger partial charge < -0.3 is 5.32 Å². The van der Waals surface area contributed by atoms with E-state index in [0.717, 1.165) is 11.4 Å². The summed E-state index contributed by atoms with van der Waals surface area (Å²) in [5, 5.41) is 8.00. The Morgan fingerprint density at radius 3 is 2.55 bits per heavy atom. The predicted octanol–water partition coefficient (Wildman–Crippen LogP) is 3.49. The molecule has 1 amide bonds. The molecule has 9 heteroatoms. The molecule has 1 aromatic carbocycles. The molecule has 0 unspecified atom stereocenters. The fraction of sp³-hybridized carbons (Fsp3) is 0.292. The Bertz CT molecular complexity index is 1470. The number of hydrogen-bond acceptors (Lipinski definition) is 4. The number of anilines is 1. The van der Waals surface area contributed by atoms with Gasteiger partial charge in [-0.25, -0.2) is 23.4 Å². The van der Waals surface area contributed by atoms with Crippen LogP contribution in [0.5, 0.6) is 0 Å². The highest BCUT2D eigenvalue weighted by molar-refractivity contribution is 6.03. The van der Waals surface area contributed by atoms with Crippen molar-refractivity contribution in [2.24, 2.45) is 7.05 Å². The first-order chi connectivity index (χ1) is 15.6. The molecule has 1 N–H and O–H groups in total. The molecule has 0 bridgehead atoms. The highest BCUT2D eigenvalue weighted by Crippen LogP contribution is 2.37. The van der Waals surface area contributed by atoms with Gasteiger partial charge in [-0.2, -0.15) is 9.67 Å². The van der Waals surface area contributed by atoms with Crippen molar-refractivity contribution in [3.8, 4) is 11.4 Å². The zero-order chi connectivity index (χ0) is 23.7. The molecule has 4 aromatic rings. The van der Waals surface area contributed by atoms with Gasteiger partial charge in [0.2, 0.25) is 23.1 Å². The van der Waals surface area contributed by atoms with Crippen LogP contribution < -0.4 is 9.88 Å². The van der Waals surface area contributed by atoms with Crippen LogP contribution in [-0.4, -0.2) is 25.7 Å². The van der Waals surface area contributed by atoms with Crippen molar-refractivity contribution in [1.82, 2.24) is 19.7 Å². The van der Waals surface area contributed by atoms with E-state index in [2.05, 4.69) is 10.3 Å². The first-order valence-electron chi connectivity index (χ1n) is 10.6. The van der Waals surface area contributed by atoms with Gasteiger partial charge in [-0.05, 0) is 32.9 Å². The van der Waals surface area contributed by atoms with Gasteiger partial charge in [0.1, 0.15) is 29.8 Å². The summed E-state index contributed by atoms with van der Waals surface area (Å²) in [5.74, 6) is -0.516. The normalized spacial score (nSPS) is 14.6. The summed E-state index contributed by atoms with van der Waals surface area (Å²) in [6, 6.07) is 7.82. The molecule has 33 heavy (non-hydrogen) atoms. The third kappa shape index (κ3) is 3.10. The molecular weight excluding hydrogens is 426 g/mol. The zero-order valence-corrected chi connectivity index (χ0v) is 19.0. The second-order valence-electron chi connectivity index (χ2n) is 8.91.